The van der Waals surface area contributed by atoms with Gasteiger partial charge in [0.2, 0.25) is 0 Å². The summed E-state index contributed by atoms with van der Waals surface area (Å²) in [6, 6.07) is 14.0. The molecule has 0 aromatic heterocycles. The van der Waals surface area contributed by atoms with Crippen molar-refractivity contribution in [3.8, 4) is 6.07 Å². The van der Waals surface area contributed by atoms with Gasteiger partial charge in [-0.25, -0.2) is 0 Å². The summed E-state index contributed by atoms with van der Waals surface area (Å²) in [5, 5.41) is 16.5. The normalized spacial score (nSPS) is 34.3. The number of nitriles is 1. The fourth-order valence-electron chi connectivity index (χ4n) is 5.43. The quantitative estimate of drug-likeness (QED) is 0.654. The number of benzene rings is 1. The van der Waals surface area contributed by atoms with Gasteiger partial charge < -0.3 is 10.1 Å². The van der Waals surface area contributed by atoms with Gasteiger partial charge in [-0.05, 0) is 37.8 Å². The van der Waals surface area contributed by atoms with Crippen molar-refractivity contribution < 1.29 is 4.74 Å². The van der Waals surface area contributed by atoms with E-state index in [0.29, 0.717) is 18.4 Å². The summed E-state index contributed by atoms with van der Waals surface area (Å²) in [6.45, 7) is 5.45. The smallest absolute Gasteiger partial charge is 0.152 e. The summed E-state index contributed by atoms with van der Waals surface area (Å²) in [7, 11) is 1.95. The minimum absolute atomic E-state index is 0.0813. The number of nitrogens with one attached hydrogen (secondary N) is 2. The van der Waals surface area contributed by atoms with Crippen molar-refractivity contribution in [2.45, 2.75) is 55.6 Å². The fraction of sp³-hybridized carbons (Fsp3) is 0.696. The van der Waals surface area contributed by atoms with Crippen LogP contribution in [0.25, 0.3) is 0 Å². The van der Waals surface area contributed by atoms with E-state index in [2.05, 4.69) is 56.8 Å². The monoisotopic (exact) mass is 395 g/mol. The van der Waals surface area contributed by atoms with E-state index in [0.717, 1.165) is 51.5 Å². The largest absolute Gasteiger partial charge is 0.337 e. The molecule has 0 radical (unpaired) electrons. The van der Waals surface area contributed by atoms with E-state index >= 15 is 0 Å². The third-order valence-corrected chi connectivity index (χ3v) is 7.56. The Hall–Kier alpha value is -1.49. The number of likely N-dealkylation sites (N-methyl/N-ethyl adjacent to an activating group) is 1. The molecule has 1 aromatic rings. The maximum Gasteiger partial charge on any atom is 0.152 e. The Labute approximate surface area is 174 Å². The summed E-state index contributed by atoms with van der Waals surface area (Å²) in [5.74, 6) is 1.42. The predicted octanol–water partition coefficient (Wildman–Crippen LogP) is 1.71. The Morgan fingerprint density at radius 2 is 1.97 bits per heavy atom. The van der Waals surface area contributed by atoms with Gasteiger partial charge >= 0.3 is 0 Å². The van der Waals surface area contributed by atoms with Crippen LogP contribution < -0.4 is 10.6 Å². The lowest BCUT2D eigenvalue weighted by atomic mass is 9.79. The summed E-state index contributed by atoms with van der Waals surface area (Å²) in [5.41, 5.74) is 1.55. The highest BCUT2D eigenvalue weighted by atomic mass is 16.6. The first-order valence-electron chi connectivity index (χ1n) is 11.2. The van der Waals surface area contributed by atoms with Gasteiger partial charge in [0.25, 0.3) is 0 Å². The summed E-state index contributed by atoms with van der Waals surface area (Å²) < 4.78 is 5.68. The highest BCUT2D eigenvalue weighted by molar-refractivity contribution is 5.27. The van der Waals surface area contributed by atoms with Gasteiger partial charge in [0.05, 0.1) is 12.5 Å². The third kappa shape index (κ3) is 3.95. The minimum atomic E-state index is 0.0813. The first-order valence-corrected chi connectivity index (χ1v) is 11.2. The number of rotatable bonds is 8. The third-order valence-electron chi connectivity index (χ3n) is 7.56. The van der Waals surface area contributed by atoms with Crippen LogP contribution in [-0.4, -0.2) is 73.6 Å². The Bertz CT molecular complexity index is 735. The van der Waals surface area contributed by atoms with Gasteiger partial charge in [-0.1, -0.05) is 30.3 Å². The van der Waals surface area contributed by atoms with Crippen LogP contribution in [0.1, 0.15) is 37.2 Å². The number of ether oxygens (including phenoxy) is 1. The lowest BCUT2D eigenvalue weighted by Gasteiger charge is -2.54. The van der Waals surface area contributed by atoms with E-state index in [1.165, 1.54) is 12.0 Å². The van der Waals surface area contributed by atoms with Crippen molar-refractivity contribution in [2.24, 2.45) is 5.92 Å². The molecule has 0 bridgehead atoms. The van der Waals surface area contributed by atoms with Gasteiger partial charge in [0.15, 0.2) is 12.5 Å². The molecule has 3 saturated heterocycles. The zero-order chi connectivity index (χ0) is 19.8. The van der Waals surface area contributed by atoms with Gasteiger partial charge in [-0.3, -0.25) is 15.1 Å². The first kappa shape index (κ1) is 19.5. The fourth-order valence-corrected chi connectivity index (χ4v) is 5.43. The van der Waals surface area contributed by atoms with Crippen LogP contribution in [0.2, 0.25) is 0 Å². The SMILES string of the molecule is CNC1OC1N1CCC(CC#N)(N2CC(CNC3CC3c3ccccc3)C2)CC1. The van der Waals surface area contributed by atoms with E-state index in [1.807, 2.05) is 7.05 Å². The predicted molar refractivity (Wildman–Crippen MR) is 112 cm³/mol. The molecule has 4 atom stereocenters. The molecule has 0 amide bonds. The lowest BCUT2D eigenvalue weighted by molar-refractivity contribution is -0.0539. The number of nitrogens with zero attached hydrogens (tertiary/aromatic N) is 3. The van der Waals surface area contributed by atoms with Crippen LogP contribution in [0, 0.1) is 17.2 Å². The van der Waals surface area contributed by atoms with Crippen LogP contribution in [-0.2, 0) is 4.74 Å². The zero-order valence-corrected chi connectivity index (χ0v) is 17.4. The number of likely N-dealkylation sites (tertiary alicyclic amines) is 2. The topological polar surface area (TPSA) is 66.9 Å². The molecule has 1 aromatic carbocycles. The van der Waals surface area contributed by atoms with E-state index in [9.17, 15) is 5.26 Å². The number of piperidine rings is 1. The average molecular weight is 396 g/mol. The van der Waals surface area contributed by atoms with Crippen molar-refractivity contribution in [2.75, 3.05) is 39.8 Å². The minimum Gasteiger partial charge on any atom is -0.337 e. The van der Waals surface area contributed by atoms with Gasteiger partial charge in [-0.15, -0.1) is 0 Å². The number of hydrogen-bond donors (Lipinski definition) is 2. The van der Waals surface area contributed by atoms with Crippen molar-refractivity contribution in [1.82, 2.24) is 20.4 Å². The van der Waals surface area contributed by atoms with Crippen molar-refractivity contribution >= 4 is 0 Å². The molecule has 156 valence electrons. The van der Waals surface area contributed by atoms with Crippen LogP contribution in [0.15, 0.2) is 30.3 Å². The molecule has 1 aliphatic carbocycles. The second-order valence-electron chi connectivity index (χ2n) is 9.37. The summed E-state index contributed by atoms with van der Waals surface area (Å²) in [6.07, 6.45) is 4.52. The molecular formula is C23H33N5O. The highest BCUT2D eigenvalue weighted by Crippen LogP contribution is 2.42. The summed E-state index contributed by atoms with van der Waals surface area (Å²) in [4.78, 5) is 5.04. The van der Waals surface area contributed by atoms with Crippen molar-refractivity contribution in [1.29, 1.82) is 5.26 Å². The second kappa shape index (κ2) is 7.98. The van der Waals surface area contributed by atoms with Gasteiger partial charge in [0.1, 0.15) is 0 Å². The molecule has 3 aliphatic heterocycles. The molecule has 3 heterocycles. The molecule has 6 heteroatoms. The Balaban J connectivity index is 1.07. The Morgan fingerprint density at radius 1 is 1.21 bits per heavy atom. The standard InChI is InChI=1S/C23H33N5O/c1-25-21-22(29-21)27-11-8-23(7-10-24,9-12-27)28-15-17(16-28)14-26-20-13-19(20)18-5-3-2-4-6-18/h2-6,17,19-22,25-26H,7-9,11-16H2,1H3. The van der Waals surface area contributed by atoms with Crippen molar-refractivity contribution in [3.05, 3.63) is 35.9 Å². The molecule has 5 rings (SSSR count). The maximum atomic E-state index is 9.47. The molecule has 1 saturated carbocycles. The lowest BCUT2D eigenvalue weighted by Crippen LogP contribution is -2.64. The molecule has 2 N–H and O–H groups in total. The first-order chi connectivity index (χ1) is 14.2. The molecule has 4 aliphatic rings. The van der Waals surface area contributed by atoms with E-state index in [4.69, 9.17) is 4.74 Å². The van der Waals surface area contributed by atoms with Crippen LogP contribution in [0.5, 0.6) is 0 Å². The number of hydrogen-bond acceptors (Lipinski definition) is 6. The molecule has 4 fully saturated rings. The van der Waals surface area contributed by atoms with E-state index in [1.54, 1.807) is 0 Å². The van der Waals surface area contributed by atoms with Gasteiger partial charge in [-0.2, -0.15) is 5.26 Å². The zero-order valence-electron chi connectivity index (χ0n) is 17.4. The maximum absolute atomic E-state index is 9.47. The van der Waals surface area contributed by atoms with Crippen LogP contribution >= 0.6 is 0 Å². The summed E-state index contributed by atoms with van der Waals surface area (Å²) >= 11 is 0. The molecule has 6 nitrogen and oxygen atoms in total. The molecular weight excluding hydrogens is 362 g/mol. The molecule has 0 spiro atoms. The Kier molecular flexibility index (Phi) is 5.35. The number of epoxide rings is 1. The van der Waals surface area contributed by atoms with Gasteiger partial charge in [0, 0.05) is 50.2 Å². The molecule has 29 heavy (non-hydrogen) atoms. The second-order valence-corrected chi connectivity index (χ2v) is 9.37. The van der Waals surface area contributed by atoms with E-state index in [-0.39, 0.29) is 18.0 Å². The molecule has 4 unspecified atom stereocenters. The highest BCUT2D eigenvalue weighted by Gasteiger charge is 2.50. The van der Waals surface area contributed by atoms with Crippen LogP contribution in [0.3, 0.4) is 0 Å². The van der Waals surface area contributed by atoms with Crippen LogP contribution in [0.4, 0.5) is 0 Å². The average Bonchev–Trinajstić information content (AvgIpc) is 3.63. The van der Waals surface area contributed by atoms with Crippen molar-refractivity contribution in [3.63, 3.8) is 0 Å². The Morgan fingerprint density at radius 3 is 2.62 bits per heavy atom. The van der Waals surface area contributed by atoms with E-state index < -0.39 is 0 Å².